The van der Waals surface area contributed by atoms with Crippen molar-refractivity contribution in [1.82, 2.24) is 10.2 Å². The first-order valence-electron chi connectivity index (χ1n) is 11.2. The fraction of sp³-hybridized carbons (Fsp3) is 0.400. The van der Waals surface area contributed by atoms with Crippen LogP contribution in [0, 0.1) is 11.8 Å². The summed E-state index contributed by atoms with van der Waals surface area (Å²) in [5.74, 6) is -4.05. The van der Waals surface area contributed by atoms with Crippen molar-refractivity contribution in [3.8, 4) is 11.1 Å². The van der Waals surface area contributed by atoms with Crippen molar-refractivity contribution in [3.63, 3.8) is 0 Å². The minimum Gasteiger partial charge on any atom is -0.481 e. The standard InChI is InChI=1S/C25H25F3N2O5/c1-14(21(31)32)15-11-30(12-15)22(33)24(2,25(26,27)28)29-23(34)35-13-20-18-9-5-3-7-16(18)17-8-4-6-10-19(17)20/h3-10,14-15,20H,11-13H2,1-2H3,(H,29,34)(H,31,32). The van der Waals surface area contributed by atoms with Crippen LogP contribution in [0.1, 0.15) is 30.9 Å². The Morgan fingerprint density at radius 2 is 1.57 bits per heavy atom. The lowest BCUT2D eigenvalue weighted by atomic mass is 9.85. The summed E-state index contributed by atoms with van der Waals surface area (Å²) in [6.45, 7) is 1.55. The highest BCUT2D eigenvalue weighted by atomic mass is 19.4. The van der Waals surface area contributed by atoms with Crippen LogP contribution in [0.3, 0.4) is 0 Å². The molecule has 10 heteroatoms. The van der Waals surface area contributed by atoms with Crippen molar-refractivity contribution in [3.05, 3.63) is 59.7 Å². The average molecular weight is 490 g/mol. The number of alkyl carbamates (subject to hydrolysis) is 1. The number of alkyl halides is 3. The molecule has 2 aromatic carbocycles. The van der Waals surface area contributed by atoms with E-state index in [4.69, 9.17) is 9.84 Å². The number of rotatable bonds is 6. The highest BCUT2D eigenvalue weighted by Crippen LogP contribution is 2.44. The van der Waals surface area contributed by atoms with E-state index in [9.17, 15) is 27.6 Å². The van der Waals surface area contributed by atoms with Gasteiger partial charge in [-0.05, 0) is 29.2 Å². The van der Waals surface area contributed by atoms with Gasteiger partial charge in [-0.2, -0.15) is 13.2 Å². The van der Waals surface area contributed by atoms with Crippen LogP contribution < -0.4 is 5.32 Å². The van der Waals surface area contributed by atoms with Gasteiger partial charge < -0.3 is 14.7 Å². The number of ether oxygens (including phenoxy) is 1. The number of likely N-dealkylation sites (tertiary alicyclic amines) is 1. The number of carboxylic acids is 1. The molecule has 4 rings (SSSR count). The van der Waals surface area contributed by atoms with Crippen LogP contribution in [0.4, 0.5) is 18.0 Å². The number of carbonyl (C=O) groups is 3. The lowest BCUT2D eigenvalue weighted by Crippen LogP contribution is -2.69. The SMILES string of the molecule is CC(C(=O)O)C1CN(C(=O)C(C)(NC(=O)OCC2c3ccccc3-c3ccccc32)C(F)(F)F)C1. The summed E-state index contributed by atoms with van der Waals surface area (Å²) in [5, 5.41) is 10.8. The summed E-state index contributed by atoms with van der Waals surface area (Å²) in [5.41, 5.74) is 0.517. The number of fused-ring (bicyclic) bond motifs is 3. The van der Waals surface area contributed by atoms with Gasteiger partial charge >= 0.3 is 18.2 Å². The summed E-state index contributed by atoms with van der Waals surface area (Å²) in [6, 6.07) is 15.0. The van der Waals surface area contributed by atoms with Gasteiger partial charge in [0, 0.05) is 24.9 Å². The third-order valence-electron chi connectivity index (χ3n) is 6.98. The van der Waals surface area contributed by atoms with Gasteiger partial charge in [-0.1, -0.05) is 55.5 Å². The van der Waals surface area contributed by atoms with E-state index in [1.165, 1.54) is 6.92 Å². The molecule has 7 nitrogen and oxygen atoms in total. The highest BCUT2D eigenvalue weighted by Gasteiger charge is 2.61. The van der Waals surface area contributed by atoms with Gasteiger partial charge in [-0.15, -0.1) is 0 Å². The number of hydrogen-bond acceptors (Lipinski definition) is 4. The minimum absolute atomic E-state index is 0.135. The maximum Gasteiger partial charge on any atom is 0.420 e. The van der Waals surface area contributed by atoms with Crippen molar-refractivity contribution in [2.45, 2.75) is 31.5 Å². The Morgan fingerprint density at radius 1 is 1.06 bits per heavy atom. The molecule has 2 unspecified atom stereocenters. The van der Waals surface area contributed by atoms with Crippen LogP contribution in [0.2, 0.25) is 0 Å². The fourth-order valence-electron chi connectivity index (χ4n) is 4.60. The van der Waals surface area contributed by atoms with Crippen molar-refractivity contribution >= 4 is 18.0 Å². The van der Waals surface area contributed by atoms with Crippen LogP contribution in [0.25, 0.3) is 11.1 Å². The highest BCUT2D eigenvalue weighted by molar-refractivity contribution is 5.91. The third-order valence-corrected chi connectivity index (χ3v) is 6.98. The Hall–Kier alpha value is -3.56. The van der Waals surface area contributed by atoms with Gasteiger partial charge in [0.25, 0.3) is 5.91 Å². The first kappa shape index (κ1) is 24.6. The molecule has 1 saturated heterocycles. The Kier molecular flexibility index (Phi) is 6.25. The number of carbonyl (C=O) groups excluding carboxylic acids is 2. The molecule has 1 fully saturated rings. The van der Waals surface area contributed by atoms with Crippen LogP contribution in [-0.4, -0.2) is 59.4 Å². The molecule has 2 amide bonds. The zero-order chi connectivity index (χ0) is 25.5. The monoisotopic (exact) mass is 490 g/mol. The molecule has 186 valence electrons. The smallest absolute Gasteiger partial charge is 0.420 e. The summed E-state index contributed by atoms with van der Waals surface area (Å²) in [4.78, 5) is 37.2. The third kappa shape index (κ3) is 4.33. The van der Waals surface area contributed by atoms with E-state index in [-0.39, 0.29) is 25.6 Å². The number of aliphatic carboxylic acids is 1. The van der Waals surface area contributed by atoms with Crippen LogP contribution in [0.5, 0.6) is 0 Å². The van der Waals surface area contributed by atoms with E-state index in [0.29, 0.717) is 6.92 Å². The molecule has 2 N–H and O–H groups in total. The Labute approximate surface area is 199 Å². The van der Waals surface area contributed by atoms with E-state index in [1.807, 2.05) is 48.5 Å². The van der Waals surface area contributed by atoms with Gasteiger partial charge in [-0.3, -0.25) is 14.9 Å². The van der Waals surface area contributed by atoms with Crippen molar-refractivity contribution in [1.29, 1.82) is 0 Å². The second-order valence-electron chi connectivity index (χ2n) is 9.17. The predicted octanol–water partition coefficient (Wildman–Crippen LogP) is 4.03. The molecule has 2 atom stereocenters. The second kappa shape index (κ2) is 8.90. The fourth-order valence-corrected chi connectivity index (χ4v) is 4.60. The minimum atomic E-state index is -5.10. The molecular formula is C25H25F3N2O5. The molecule has 2 aromatic rings. The number of amides is 2. The van der Waals surface area contributed by atoms with E-state index < -0.39 is 41.5 Å². The van der Waals surface area contributed by atoms with Gasteiger partial charge in [0.2, 0.25) is 5.54 Å². The largest absolute Gasteiger partial charge is 0.481 e. The Bertz CT molecular complexity index is 1120. The predicted molar refractivity (Wildman–Crippen MR) is 120 cm³/mol. The van der Waals surface area contributed by atoms with Crippen LogP contribution in [0.15, 0.2) is 48.5 Å². The topological polar surface area (TPSA) is 95.9 Å². The molecule has 2 aliphatic rings. The maximum absolute atomic E-state index is 13.9. The Morgan fingerprint density at radius 3 is 2.06 bits per heavy atom. The summed E-state index contributed by atoms with van der Waals surface area (Å²) >= 11 is 0. The van der Waals surface area contributed by atoms with Gasteiger partial charge in [0.15, 0.2) is 0 Å². The lowest BCUT2D eigenvalue weighted by molar-refractivity contribution is -0.204. The van der Waals surface area contributed by atoms with Crippen LogP contribution >= 0.6 is 0 Å². The summed E-state index contributed by atoms with van der Waals surface area (Å²) < 4.78 is 47.0. The Balaban J connectivity index is 1.45. The van der Waals surface area contributed by atoms with E-state index in [1.54, 1.807) is 5.32 Å². The van der Waals surface area contributed by atoms with E-state index >= 15 is 0 Å². The quantitative estimate of drug-likeness (QED) is 0.638. The van der Waals surface area contributed by atoms with Crippen LogP contribution in [-0.2, 0) is 14.3 Å². The molecule has 0 spiro atoms. The number of hydrogen-bond donors (Lipinski definition) is 2. The zero-order valence-electron chi connectivity index (χ0n) is 19.1. The normalized spacial score (nSPS) is 18.0. The number of nitrogens with one attached hydrogen (secondary N) is 1. The number of nitrogens with zero attached hydrogens (tertiary/aromatic N) is 1. The van der Waals surface area contributed by atoms with E-state index in [2.05, 4.69) is 0 Å². The first-order chi connectivity index (χ1) is 16.4. The lowest BCUT2D eigenvalue weighted by Gasteiger charge is -2.45. The molecule has 35 heavy (non-hydrogen) atoms. The molecule has 0 saturated carbocycles. The molecule has 1 aliphatic heterocycles. The molecule has 1 heterocycles. The number of halogens is 3. The number of carboxylic acid groups (broad SMARTS) is 1. The van der Waals surface area contributed by atoms with Gasteiger partial charge in [0.1, 0.15) is 6.61 Å². The van der Waals surface area contributed by atoms with Crippen molar-refractivity contribution in [2.24, 2.45) is 11.8 Å². The molecule has 0 bridgehead atoms. The molecule has 1 aliphatic carbocycles. The number of benzene rings is 2. The summed E-state index contributed by atoms with van der Waals surface area (Å²) in [7, 11) is 0. The summed E-state index contributed by atoms with van der Waals surface area (Å²) in [6.07, 6.45) is -6.46. The molecule has 0 aromatic heterocycles. The maximum atomic E-state index is 13.9. The van der Waals surface area contributed by atoms with Crippen molar-refractivity contribution < 1.29 is 37.4 Å². The van der Waals surface area contributed by atoms with Gasteiger partial charge in [0.05, 0.1) is 5.92 Å². The average Bonchev–Trinajstić information content (AvgIpc) is 3.09. The molecular weight excluding hydrogens is 465 g/mol. The second-order valence-corrected chi connectivity index (χ2v) is 9.17. The first-order valence-corrected chi connectivity index (χ1v) is 11.2. The van der Waals surface area contributed by atoms with Gasteiger partial charge in [-0.25, -0.2) is 4.79 Å². The molecule has 0 radical (unpaired) electrons. The van der Waals surface area contributed by atoms with Crippen molar-refractivity contribution in [2.75, 3.05) is 19.7 Å². The zero-order valence-corrected chi connectivity index (χ0v) is 19.1. The van der Waals surface area contributed by atoms with E-state index in [0.717, 1.165) is 27.2 Å².